The third kappa shape index (κ3) is 52.5. The third-order valence-electron chi connectivity index (χ3n) is 14.8. The van der Waals surface area contributed by atoms with Crippen molar-refractivity contribution in [2.75, 3.05) is 32.8 Å². The van der Waals surface area contributed by atoms with Crippen molar-refractivity contribution in [3.63, 3.8) is 0 Å². The molecule has 3 unspecified atom stereocenters. The molecule has 464 valence electrons. The molecule has 0 amide bonds. The molecule has 3 atom stereocenters. The summed E-state index contributed by atoms with van der Waals surface area (Å²) in [5.41, 5.74) is 16.5. The van der Waals surface area contributed by atoms with E-state index in [9.17, 15) is 28.8 Å². The summed E-state index contributed by atoms with van der Waals surface area (Å²) < 4.78 is 33.8. The van der Waals surface area contributed by atoms with Crippen LogP contribution in [0.25, 0.3) is 0 Å². The van der Waals surface area contributed by atoms with Crippen molar-refractivity contribution in [2.45, 2.75) is 341 Å². The highest BCUT2D eigenvalue weighted by Gasteiger charge is 2.21. The number of ether oxygens (including phenoxy) is 6. The molecular weight excluding hydrogens is 1000 g/mol. The van der Waals surface area contributed by atoms with E-state index < -0.39 is 6.10 Å². The van der Waals surface area contributed by atoms with Gasteiger partial charge in [0.25, 0.3) is 0 Å². The number of esters is 6. The van der Waals surface area contributed by atoms with Gasteiger partial charge in [0, 0.05) is 25.8 Å². The molecule has 0 rings (SSSR count). The molecule has 0 saturated heterocycles. The lowest BCUT2D eigenvalue weighted by Crippen LogP contribution is -2.30. The largest absolute Gasteiger partial charge is 0.462 e. The first-order valence-electron chi connectivity index (χ1n) is 32.7. The van der Waals surface area contributed by atoms with Crippen LogP contribution in [-0.4, -0.2) is 93.1 Å². The van der Waals surface area contributed by atoms with E-state index in [0.717, 1.165) is 205 Å². The molecule has 0 aromatic carbocycles. The summed E-state index contributed by atoms with van der Waals surface area (Å²) in [5, 5.41) is 0. The van der Waals surface area contributed by atoms with E-state index in [-0.39, 0.29) is 106 Å². The summed E-state index contributed by atoms with van der Waals surface area (Å²) in [6, 6.07) is 0. The van der Waals surface area contributed by atoms with E-state index in [4.69, 9.17) is 45.6 Å². The zero-order chi connectivity index (χ0) is 58.1. The van der Waals surface area contributed by atoms with Gasteiger partial charge in [-0.25, -0.2) is 0 Å². The molecule has 0 fully saturated rings. The Hall–Kier alpha value is -3.30. The third-order valence-corrected chi connectivity index (χ3v) is 14.8. The number of nitrogens with two attached hydrogens (primary N) is 3. The normalized spacial score (nSPS) is 12.8. The number of carbonyl (C=O) groups is 6. The molecule has 0 heterocycles. The molecule has 79 heavy (non-hydrogen) atoms. The fourth-order valence-electron chi connectivity index (χ4n) is 10.00. The van der Waals surface area contributed by atoms with Crippen LogP contribution in [0.2, 0.25) is 0 Å². The van der Waals surface area contributed by atoms with Gasteiger partial charge in [-0.1, -0.05) is 194 Å². The van der Waals surface area contributed by atoms with Crippen molar-refractivity contribution >= 4 is 35.8 Å². The molecule has 0 aliphatic carbocycles. The lowest BCUT2D eigenvalue weighted by atomic mass is 10.0. The summed E-state index contributed by atoms with van der Waals surface area (Å²) in [6.45, 7) is 6.42. The van der Waals surface area contributed by atoms with Crippen molar-refractivity contribution in [2.24, 2.45) is 17.2 Å². The summed E-state index contributed by atoms with van der Waals surface area (Å²) in [7, 11) is 0. The predicted molar refractivity (Wildman–Crippen MR) is 318 cm³/mol. The Morgan fingerprint density at radius 1 is 0.266 bits per heavy atom. The van der Waals surface area contributed by atoms with Crippen LogP contribution < -0.4 is 17.2 Å². The van der Waals surface area contributed by atoms with Crippen LogP contribution in [0.4, 0.5) is 0 Å². The predicted octanol–water partition coefficient (Wildman–Crippen LogP) is 14.6. The lowest BCUT2D eigenvalue weighted by molar-refractivity contribution is -0.167. The maximum absolute atomic E-state index is 13.0. The summed E-state index contributed by atoms with van der Waals surface area (Å²) in [4.78, 5) is 74.3. The maximum Gasteiger partial charge on any atom is 0.319 e. The lowest BCUT2D eigenvalue weighted by Gasteiger charge is -2.18. The molecule has 0 saturated carbocycles. The van der Waals surface area contributed by atoms with Gasteiger partial charge < -0.3 is 45.6 Å². The minimum Gasteiger partial charge on any atom is -0.462 e. The second-order valence-corrected chi connectivity index (χ2v) is 22.4. The van der Waals surface area contributed by atoms with Gasteiger partial charge in [-0.15, -0.1) is 0 Å². The van der Waals surface area contributed by atoms with Gasteiger partial charge in [-0.2, -0.15) is 0 Å². The zero-order valence-corrected chi connectivity index (χ0v) is 51.0. The van der Waals surface area contributed by atoms with Gasteiger partial charge in [0.2, 0.25) is 0 Å². The molecule has 0 radical (unpaired) electrons. The molecule has 6 N–H and O–H groups in total. The Kier molecular flexibility index (Phi) is 55.5. The number of hydrogen-bond donors (Lipinski definition) is 3. The van der Waals surface area contributed by atoms with Crippen molar-refractivity contribution in [1.29, 1.82) is 0 Å². The number of hydrogen-bond acceptors (Lipinski definition) is 15. The van der Waals surface area contributed by atoms with Gasteiger partial charge in [0.1, 0.15) is 31.5 Å². The van der Waals surface area contributed by atoms with Crippen molar-refractivity contribution in [1.82, 2.24) is 0 Å². The number of unbranched alkanes of at least 4 members (excludes halogenated alkanes) is 30. The fraction of sp³-hybridized carbons (Fsp3) is 0.906. The van der Waals surface area contributed by atoms with Crippen LogP contribution in [0.5, 0.6) is 0 Å². The molecule has 15 heteroatoms. The Labute approximate surface area is 481 Å². The average molecular weight is 1120 g/mol. The second kappa shape index (κ2) is 57.9. The van der Waals surface area contributed by atoms with E-state index in [0.29, 0.717) is 25.8 Å². The van der Waals surface area contributed by atoms with Crippen LogP contribution in [0.1, 0.15) is 316 Å². The Morgan fingerprint density at radius 3 is 0.772 bits per heavy atom. The summed E-state index contributed by atoms with van der Waals surface area (Å²) >= 11 is 0. The molecule has 0 aromatic rings. The molecule has 0 spiro atoms. The Balaban J connectivity index is 4.77. The van der Waals surface area contributed by atoms with Gasteiger partial charge in [-0.3, -0.25) is 28.8 Å². The van der Waals surface area contributed by atoms with E-state index in [1.54, 1.807) is 0 Å². The second-order valence-electron chi connectivity index (χ2n) is 22.4. The highest BCUT2D eigenvalue weighted by Crippen LogP contribution is 2.21. The van der Waals surface area contributed by atoms with E-state index >= 15 is 0 Å². The molecule has 0 aromatic heterocycles. The molecular formula is C64H121N3O12. The van der Waals surface area contributed by atoms with Crippen molar-refractivity contribution in [3.8, 4) is 0 Å². The summed E-state index contributed by atoms with van der Waals surface area (Å²) in [5.74, 6) is -1.93. The first kappa shape index (κ1) is 75.7. The maximum atomic E-state index is 13.0. The van der Waals surface area contributed by atoms with Gasteiger partial charge in [-0.05, 0) is 96.3 Å². The molecule has 0 bridgehead atoms. The number of carbonyl (C=O) groups excluding carboxylic acids is 6. The smallest absolute Gasteiger partial charge is 0.319 e. The first-order chi connectivity index (χ1) is 38.5. The van der Waals surface area contributed by atoms with Gasteiger partial charge in [0.15, 0.2) is 6.10 Å². The quantitative estimate of drug-likeness (QED) is 0.0292. The van der Waals surface area contributed by atoms with Crippen LogP contribution in [0, 0.1) is 0 Å². The van der Waals surface area contributed by atoms with Crippen LogP contribution >= 0.6 is 0 Å². The average Bonchev–Trinajstić information content (AvgIpc) is 3.43. The minimum atomic E-state index is -0.867. The zero-order valence-electron chi connectivity index (χ0n) is 51.0. The standard InChI is InChI=1S/C64H121N3O12/c1-4-7-10-31-40-55(76-62(71)49-50-65)43-34-25-19-15-18-24-30-39-48-61(70)79-58(53-74-59(68)46-37-28-22-16-13-20-26-35-44-56(77-63(72)51-66)41-32-11-8-5-2)54-75-60(69)47-38-29-23-17-14-21-27-36-45-57(78-64(73)52-67)42-33-12-9-6-3/h55-58H,4-54,65-67H2,1-3H3. The highest BCUT2D eigenvalue weighted by molar-refractivity contribution is 5.72. The monoisotopic (exact) mass is 1120 g/mol. The molecule has 0 aliphatic rings. The van der Waals surface area contributed by atoms with Gasteiger partial charge in [0.05, 0.1) is 19.5 Å². The topological polar surface area (TPSA) is 236 Å². The van der Waals surface area contributed by atoms with E-state index in [1.165, 1.54) is 44.9 Å². The van der Waals surface area contributed by atoms with Crippen molar-refractivity contribution < 1.29 is 57.2 Å². The van der Waals surface area contributed by atoms with Gasteiger partial charge >= 0.3 is 35.8 Å². The molecule has 0 aliphatic heterocycles. The SMILES string of the molecule is CCCCCCC(CCCCCCCCCCC(=O)OCC(COC(=O)CCCCCCCCCCC(CCCCCC)OC(=O)CN)OC(=O)CCCCCCCCCCC(CCCCCC)OC(=O)CCN)OC(=O)CN. The van der Waals surface area contributed by atoms with E-state index in [1.807, 2.05) is 0 Å². The number of rotatable bonds is 60. The fourth-order valence-corrected chi connectivity index (χ4v) is 10.00. The van der Waals surface area contributed by atoms with Crippen LogP contribution in [0.15, 0.2) is 0 Å². The van der Waals surface area contributed by atoms with Crippen LogP contribution in [-0.2, 0) is 57.2 Å². The van der Waals surface area contributed by atoms with Crippen LogP contribution in [0.3, 0.4) is 0 Å². The molecule has 15 nitrogen and oxygen atoms in total. The Morgan fingerprint density at radius 2 is 0.494 bits per heavy atom. The van der Waals surface area contributed by atoms with E-state index in [2.05, 4.69) is 20.8 Å². The van der Waals surface area contributed by atoms with Crippen molar-refractivity contribution in [3.05, 3.63) is 0 Å². The Bertz CT molecular complexity index is 1380. The minimum absolute atomic E-state index is 0.0166. The first-order valence-corrected chi connectivity index (χ1v) is 32.7. The highest BCUT2D eigenvalue weighted by atomic mass is 16.6. The summed E-state index contributed by atoms with van der Waals surface area (Å²) in [6.07, 6.45) is 43.7.